The van der Waals surface area contributed by atoms with Gasteiger partial charge < -0.3 is 26.4 Å². The number of morpholine rings is 1. The first-order valence-corrected chi connectivity index (χ1v) is 13.9. The molecular formula is C28H32N8OS. The van der Waals surface area contributed by atoms with Crippen LogP contribution in [0, 0.1) is 0 Å². The zero-order valence-electron chi connectivity index (χ0n) is 21.2. The number of aromatic nitrogens is 3. The number of hydrogen-bond donors (Lipinski definition) is 4. The summed E-state index contributed by atoms with van der Waals surface area (Å²) in [4.78, 5) is 17.7. The second-order valence-corrected chi connectivity index (χ2v) is 10.5. The van der Waals surface area contributed by atoms with Gasteiger partial charge >= 0.3 is 0 Å². The predicted molar refractivity (Wildman–Crippen MR) is 154 cm³/mol. The Labute approximate surface area is 226 Å². The van der Waals surface area contributed by atoms with Crippen molar-refractivity contribution >= 4 is 33.8 Å². The zero-order chi connectivity index (χ0) is 25.7. The van der Waals surface area contributed by atoms with Crippen molar-refractivity contribution in [2.24, 2.45) is 0 Å². The van der Waals surface area contributed by atoms with Gasteiger partial charge in [0.1, 0.15) is 0 Å². The van der Waals surface area contributed by atoms with Crippen molar-refractivity contribution in [1.29, 1.82) is 0 Å². The number of nitrogens with zero attached hydrogens (tertiary/aromatic N) is 4. The molecule has 2 aromatic carbocycles. The van der Waals surface area contributed by atoms with E-state index in [1.807, 2.05) is 30.3 Å². The zero-order valence-corrected chi connectivity index (χ0v) is 22.1. The highest BCUT2D eigenvalue weighted by Crippen LogP contribution is 2.39. The molecule has 4 heterocycles. The first-order chi connectivity index (χ1) is 18.7. The third kappa shape index (κ3) is 5.78. The Kier molecular flexibility index (Phi) is 7.45. The Morgan fingerprint density at radius 3 is 2.87 bits per heavy atom. The molecule has 2 aliphatic rings. The average molecular weight is 529 g/mol. The third-order valence-electron chi connectivity index (χ3n) is 6.83. The fourth-order valence-corrected chi connectivity index (χ4v) is 5.81. The minimum absolute atomic E-state index is 0.556. The molecule has 6 rings (SSSR count). The summed E-state index contributed by atoms with van der Waals surface area (Å²) < 4.78 is 5.46. The van der Waals surface area contributed by atoms with Crippen LogP contribution < -0.4 is 21.7 Å². The molecule has 0 atom stereocenters. The monoisotopic (exact) mass is 528 g/mol. The largest absolute Gasteiger partial charge is 0.399 e. The lowest BCUT2D eigenvalue weighted by atomic mass is 10.0. The van der Waals surface area contributed by atoms with Gasteiger partial charge in [0, 0.05) is 55.9 Å². The van der Waals surface area contributed by atoms with Gasteiger partial charge in [-0.05, 0) is 54.4 Å². The van der Waals surface area contributed by atoms with Crippen LogP contribution >= 0.6 is 11.3 Å². The molecule has 38 heavy (non-hydrogen) atoms. The average Bonchev–Trinajstić information content (AvgIpc) is 3.38. The van der Waals surface area contributed by atoms with Crippen molar-refractivity contribution in [3.05, 3.63) is 65.9 Å². The van der Waals surface area contributed by atoms with Gasteiger partial charge in [0.05, 0.1) is 29.5 Å². The maximum Gasteiger partial charge on any atom is 0.227 e. The van der Waals surface area contributed by atoms with Gasteiger partial charge in [-0.3, -0.25) is 4.90 Å². The van der Waals surface area contributed by atoms with Crippen LogP contribution in [0.5, 0.6) is 0 Å². The molecule has 0 saturated carbocycles. The Morgan fingerprint density at radius 2 is 1.97 bits per heavy atom. The summed E-state index contributed by atoms with van der Waals surface area (Å²) in [5.74, 6) is 0.556. The fraction of sp³-hybridized carbons (Fsp3) is 0.321. The lowest BCUT2D eigenvalue weighted by molar-refractivity contribution is 0.0398. The van der Waals surface area contributed by atoms with Gasteiger partial charge in [0.15, 0.2) is 5.13 Å². The van der Waals surface area contributed by atoms with Crippen LogP contribution in [0.1, 0.15) is 11.1 Å². The normalized spacial score (nSPS) is 15.7. The highest BCUT2D eigenvalue weighted by atomic mass is 32.1. The molecule has 9 nitrogen and oxygen atoms in total. The summed E-state index contributed by atoms with van der Waals surface area (Å²) in [6.45, 7) is 7.21. The highest BCUT2D eigenvalue weighted by molar-refractivity contribution is 7.19. The Bertz CT molecular complexity index is 1400. The van der Waals surface area contributed by atoms with E-state index in [1.54, 1.807) is 17.5 Å². The molecule has 0 spiro atoms. The fourth-order valence-electron chi connectivity index (χ4n) is 4.83. The maximum atomic E-state index is 6.12. The number of ether oxygens (including phenoxy) is 1. The van der Waals surface area contributed by atoms with E-state index in [4.69, 9.17) is 20.4 Å². The Balaban J connectivity index is 1.25. The van der Waals surface area contributed by atoms with Gasteiger partial charge in [-0.15, -0.1) is 0 Å². The molecular weight excluding hydrogens is 496 g/mol. The van der Waals surface area contributed by atoms with Gasteiger partial charge in [-0.25, -0.2) is 15.0 Å². The molecule has 0 radical (unpaired) electrons. The second kappa shape index (κ2) is 11.4. The summed E-state index contributed by atoms with van der Waals surface area (Å²) in [7, 11) is 0. The molecule has 2 aromatic heterocycles. The molecule has 1 saturated heterocycles. The number of nitrogen functional groups attached to an aromatic ring is 1. The summed E-state index contributed by atoms with van der Waals surface area (Å²) >= 11 is 1.60. The predicted octanol–water partition coefficient (Wildman–Crippen LogP) is 3.98. The van der Waals surface area contributed by atoms with Crippen molar-refractivity contribution in [3.63, 3.8) is 0 Å². The van der Waals surface area contributed by atoms with Crippen LogP contribution in [0.2, 0.25) is 0 Å². The van der Waals surface area contributed by atoms with E-state index in [9.17, 15) is 0 Å². The van der Waals surface area contributed by atoms with Gasteiger partial charge in [0.25, 0.3) is 0 Å². The molecule has 0 bridgehead atoms. The number of fused-ring (bicyclic) bond motifs is 1. The molecule has 4 aromatic rings. The first-order valence-electron chi connectivity index (χ1n) is 13.0. The standard InChI is InChI=1S/C28H32N8OS/c29-22-3-1-2-20(16-22)25-26(38-28(35-25)32-10-11-36-12-14-37-15-13-36)24-7-9-31-27(34-24)33-23-5-4-19-6-8-30-18-21(19)17-23/h1-5,7,9,16-17,30H,6,8,10-15,18,29H2,(H,32,35)(H,31,33,34). The molecule has 1 fully saturated rings. The second-order valence-electron chi connectivity index (χ2n) is 9.50. The molecule has 196 valence electrons. The van der Waals surface area contributed by atoms with Crippen LogP contribution in [0.4, 0.5) is 22.5 Å². The number of benzene rings is 2. The number of anilines is 4. The third-order valence-corrected chi connectivity index (χ3v) is 7.87. The van der Waals surface area contributed by atoms with E-state index in [2.05, 4.69) is 44.0 Å². The minimum Gasteiger partial charge on any atom is -0.399 e. The number of thiazole rings is 1. The van der Waals surface area contributed by atoms with E-state index in [1.165, 1.54) is 11.1 Å². The molecule has 10 heteroatoms. The van der Waals surface area contributed by atoms with Crippen molar-refractivity contribution in [2.45, 2.75) is 13.0 Å². The van der Waals surface area contributed by atoms with Crippen molar-refractivity contribution < 1.29 is 4.74 Å². The summed E-state index contributed by atoms with van der Waals surface area (Å²) in [5.41, 5.74) is 13.2. The van der Waals surface area contributed by atoms with Crippen molar-refractivity contribution in [3.8, 4) is 21.8 Å². The van der Waals surface area contributed by atoms with Crippen LogP contribution in [0.15, 0.2) is 54.7 Å². The number of rotatable bonds is 8. The molecule has 0 aliphatic carbocycles. The van der Waals surface area contributed by atoms with E-state index in [0.29, 0.717) is 11.6 Å². The molecule has 0 amide bonds. The molecule has 0 unspecified atom stereocenters. The lowest BCUT2D eigenvalue weighted by Gasteiger charge is -2.26. The summed E-state index contributed by atoms with van der Waals surface area (Å²) in [6.07, 6.45) is 2.85. The minimum atomic E-state index is 0.556. The van der Waals surface area contributed by atoms with Crippen LogP contribution in [0.25, 0.3) is 21.8 Å². The smallest absolute Gasteiger partial charge is 0.227 e. The van der Waals surface area contributed by atoms with Crippen LogP contribution in [0.3, 0.4) is 0 Å². The lowest BCUT2D eigenvalue weighted by Crippen LogP contribution is -2.38. The summed E-state index contributed by atoms with van der Waals surface area (Å²) in [6, 6.07) is 16.2. The topological polar surface area (TPSA) is 113 Å². The van der Waals surface area contributed by atoms with Crippen LogP contribution in [-0.2, 0) is 17.7 Å². The summed E-state index contributed by atoms with van der Waals surface area (Å²) in [5, 5.41) is 11.2. The number of nitrogens with one attached hydrogen (secondary N) is 3. The Hall–Kier alpha value is -3.57. The molecule has 5 N–H and O–H groups in total. The van der Waals surface area contributed by atoms with Gasteiger partial charge in [-0.2, -0.15) is 0 Å². The van der Waals surface area contributed by atoms with E-state index in [-0.39, 0.29) is 0 Å². The van der Waals surface area contributed by atoms with Crippen molar-refractivity contribution in [2.75, 3.05) is 62.3 Å². The highest BCUT2D eigenvalue weighted by Gasteiger charge is 2.18. The van der Waals surface area contributed by atoms with Gasteiger partial charge in [-0.1, -0.05) is 29.5 Å². The van der Waals surface area contributed by atoms with E-state index in [0.717, 1.165) is 91.6 Å². The number of nitrogens with two attached hydrogens (primary N) is 1. The van der Waals surface area contributed by atoms with E-state index >= 15 is 0 Å². The number of hydrogen-bond acceptors (Lipinski definition) is 10. The SMILES string of the molecule is Nc1cccc(-c2nc(NCCN3CCOCC3)sc2-c2ccnc(Nc3ccc4c(c3)CNCC4)n2)c1. The van der Waals surface area contributed by atoms with E-state index < -0.39 is 0 Å². The molecule has 2 aliphatic heterocycles. The maximum absolute atomic E-state index is 6.12. The quantitative estimate of drug-likeness (QED) is 0.252. The Morgan fingerprint density at radius 1 is 1.05 bits per heavy atom. The first kappa shape index (κ1) is 24.7. The van der Waals surface area contributed by atoms with Crippen LogP contribution in [-0.4, -0.2) is 65.8 Å². The van der Waals surface area contributed by atoms with Crippen molar-refractivity contribution in [1.82, 2.24) is 25.2 Å². The van der Waals surface area contributed by atoms with Gasteiger partial charge in [0.2, 0.25) is 5.95 Å².